The Kier molecular flexibility index (Phi) is 1.80. The normalized spacial score (nSPS) is 25.0. The Labute approximate surface area is 54.0 Å². The van der Waals surface area contributed by atoms with Gasteiger partial charge in [0.1, 0.15) is 0 Å². The summed E-state index contributed by atoms with van der Waals surface area (Å²) in [6.07, 6.45) is 6.95. The van der Waals surface area contributed by atoms with Gasteiger partial charge in [-0.1, -0.05) is 18.2 Å². The van der Waals surface area contributed by atoms with E-state index in [1.165, 1.54) is 0 Å². The highest BCUT2D eigenvalue weighted by molar-refractivity contribution is 5.94. The van der Waals surface area contributed by atoms with Gasteiger partial charge >= 0.3 is 0 Å². The molecule has 0 aliphatic heterocycles. The lowest BCUT2D eigenvalue weighted by Gasteiger charge is -2.06. The van der Waals surface area contributed by atoms with E-state index in [1.807, 2.05) is 12.2 Å². The number of ketones is 1. The third-order valence-electron chi connectivity index (χ3n) is 1.33. The topological polar surface area (TPSA) is 43.1 Å². The number of nitrogens with two attached hydrogens (primary N) is 1. The summed E-state index contributed by atoms with van der Waals surface area (Å²) < 4.78 is 0. The molecule has 0 saturated carbocycles. The molecule has 0 fully saturated rings. The highest BCUT2D eigenvalue weighted by Crippen LogP contribution is 2.04. The zero-order valence-corrected chi connectivity index (χ0v) is 5.08. The smallest absolute Gasteiger partial charge is 0.163 e. The molecule has 0 aromatic heterocycles. The molecule has 1 atom stereocenters. The van der Waals surface area contributed by atoms with E-state index in [4.69, 9.17) is 5.73 Å². The number of allylic oxidation sites excluding steroid dienone is 3. The van der Waals surface area contributed by atoms with Crippen molar-refractivity contribution in [2.24, 2.45) is 11.7 Å². The Morgan fingerprint density at radius 1 is 1.56 bits per heavy atom. The van der Waals surface area contributed by atoms with Crippen molar-refractivity contribution >= 4 is 5.78 Å². The third kappa shape index (κ3) is 1.27. The van der Waals surface area contributed by atoms with Crippen molar-refractivity contribution in [1.29, 1.82) is 0 Å². The molecule has 9 heavy (non-hydrogen) atoms. The van der Waals surface area contributed by atoms with Crippen molar-refractivity contribution in [1.82, 2.24) is 0 Å². The maximum absolute atomic E-state index is 10.8. The molecule has 0 saturated heterocycles. The zero-order valence-electron chi connectivity index (χ0n) is 5.08. The summed E-state index contributed by atoms with van der Waals surface area (Å²) in [6.45, 7) is 0.416. The first-order valence-corrected chi connectivity index (χ1v) is 2.93. The quantitative estimate of drug-likeness (QED) is 0.543. The fraction of sp³-hybridized carbons (Fsp3) is 0.286. The number of carbonyl (C=O) groups is 1. The van der Waals surface area contributed by atoms with Gasteiger partial charge in [0.15, 0.2) is 5.78 Å². The van der Waals surface area contributed by atoms with Gasteiger partial charge in [0.25, 0.3) is 0 Å². The number of rotatable bonds is 1. The maximum Gasteiger partial charge on any atom is 0.163 e. The Balaban J connectivity index is 2.66. The van der Waals surface area contributed by atoms with Crippen molar-refractivity contribution in [2.45, 2.75) is 0 Å². The highest BCUT2D eigenvalue weighted by atomic mass is 16.1. The van der Waals surface area contributed by atoms with E-state index in [2.05, 4.69) is 0 Å². The van der Waals surface area contributed by atoms with E-state index >= 15 is 0 Å². The van der Waals surface area contributed by atoms with Crippen LogP contribution in [0.4, 0.5) is 0 Å². The van der Waals surface area contributed by atoms with Crippen LogP contribution < -0.4 is 5.73 Å². The molecule has 1 aliphatic carbocycles. The Morgan fingerprint density at radius 3 is 2.78 bits per heavy atom. The summed E-state index contributed by atoms with van der Waals surface area (Å²) in [7, 11) is 0. The fourth-order valence-corrected chi connectivity index (χ4v) is 0.762. The van der Waals surface area contributed by atoms with Crippen LogP contribution in [0.15, 0.2) is 24.3 Å². The van der Waals surface area contributed by atoms with E-state index in [0.29, 0.717) is 6.54 Å². The summed E-state index contributed by atoms with van der Waals surface area (Å²) in [4.78, 5) is 10.8. The molecular weight excluding hydrogens is 114 g/mol. The highest BCUT2D eigenvalue weighted by Gasteiger charge is 2.10. The molecule has 2 heteroatoms. The van der Waals surface area contributed by atoms with Crippen LogP contribution in [0.3, 0.4) is 0 Å². The minimum absolute atomic E-state index is 0.0741. The van der Waals surface area contributed by atoms with Gasteiger partial charge in [0.2, 0.25) is 0 Å². The van der Waals surface area contributed by atoms with Crippen LogP contribution in [0, 0.1) is 5.92 Å². The molecule has 1 aliphatic rings. The molecule has 0 radical (unpaired) electrons. The first-order valence-electron chi connectivity index (χ1n) is 2.93. The van der Waals surface area contributed by atoms with Crippen LogP contribution in [0.25, 0.3) is 0 Å². The number of hydrogen-bond acceptors (Lipinski definition) is 2. The molecule has 1 unspecified atom stereocenters. The second-order valence-corrected chi connectivity index (χ2v) is 1.99. The van der Waals surface area contributed by atoms with Crippen LogP contribution in [0.2, 0.25) is 0 Å². The Morgan fingerprint density at radius 2 is 2.33 bits per heavy atom. The van der Waals surface area contributed by atoms with Crippen LogP contribution >= 0.6 is 0 Å². The summed E-state index contributed by atoms with van der Waals surface area (Å²) in [5, 5.41) is 0. The van der Waals surface area contributed by atoms with E-state index < -0.39 is 0 Å². The molecule has 0 spiro atoms. The van der Waals surface area contributed by atoms with Crippen LogP contribution in [0.5, 0.6) is 0 Å². The number of carbonyl (C=O) groups excluding carboxylic acids is 1. The van der Waals surface area contributed by atoms with Crippen LogP contribution in [-0.2, 0) is 4.79 Å². The average Bonchev–Trinajstić information content (AvgIpc) is 1.89. The minimum atomic E-state index is -0.0741. The van der Waals surface area contributed by atoms with Crippen molar-refractivity contribution in [2.75, 3.05) is 6.54 Å². The molecule has 1 rings (SSSR count). The maximum atomic E-state index is 10.8. The summed E-state index contributed by atoms with van der Waals surface area (Å²) >= 11 is 0. The van der Waals surface area contributed by atoms with Crippen molar-refractivity contribution in [3.63, 3.8) is 0 Å². The number of hydrogen-bond donors (Lipinski definition) is 1. The second-order valence-electron chi connectivity index (χ2n) is 1.99. The van der Waals surface area contributed by atoms with Gasteiger partial charge in [-0.3, -0.25) is 4.79 Å². The molecular formula is C7H9NO. The van der Waals surface area contributed by atoms with E-state index in [0.717, 1.165) is 0 Å². The molecule has 48 valence electrons. The molecule has 0 aromatic rings. The third-order valence-corrected chi connectivity index (χ3v) is 1.33. The molecule has 0 aromatic carbocycles. The predicted octanol–water partition coefficient (Wildman–Crippen LogP) is 0.256. The summed E-state index contributed by atoms with van der Waals surface area (Å²) in [5.41, 5.74) is 5.29. The van der Waals surface area contributed by atoms with Crippen molar-refractivity contribution in [3.05, 3.63) is 24.3 Å². The van der Waals surface area contributed by atoms with Crippen molar-refractivity contribution in [3.8, 4) is 0 Å². The Hall–Kier alpha value is -0.890. The van der Waals surface area contributed by atoms with Gasteiger partial charge in [0.05, 0.1) is 5.92 Å². The molecule has 0 bridgehead atoms. The monoisotopic (exact) mass is 123 g/mol. The molecule has 2 nitrogen and oxygen atoms in total. The fourth-order valence-electron chi connectivity index (χ4n) is 0.762. The van der Waals surface area contributed by atoms with Gasteiger partial charge in [-0.25, -0.2) is 0 Å². The van der Waals surface area contributed by atoms with Crippen LogP contribution in [0.1, 0.15) is 0 Å². The lowest BCUT2D eigenvalue weighted by molar-refractivity contribution is -0.116. The van der Waals surface area contributed by atoms with E-state index in [9.17, 15) is 4.79 Å². The van der Waals surface area contributed by atoms with Gasteiger partial charge < -0.3 is 5.73 Å². The average molecular weight is 123 g/mol. The zero-order chi connectivity index (χ0) is 6.69. The van der Waals surface area contributed by atoms with Gasteiger partial charge in [-0.15, -0.1) is 0 Å². The van der Waals surface area contributed by atoms with Gasteiger partial charge in [-0.05, 0) is 6.08 Å². The lowest BCUT2D eigenvalue weighted by atomic mass is 10.0. The SMILES string of the molecule is NCC1C=CC=CC1=O. The molecule has 0 amide bonds. The first-order chi connectivity index (χ1) is 4.34. The second kappa shape index (κ2) is 2.60. The largest absolute Gasteiger partial charge is 0.329 e. The molecule has 2 N–H and O–H groups in total. The molecule has 0 heterocycles. The Bertz CT molecular complexity index is 170. The van der Waals surface area contributed by atoms with Crippen molar-refractivity contribution < 1.29 is 4.79 Å². The summed E-state index contributed by atoms with van der Waals surface area (Å²) in [5.74, 6) is 0.0370. The standard InChI is InChI=1S/C7H9NO/c8-5-6-3-1-2-4-7(6)9/h1-4,6H,5,8H2. The predicted molar refractivity (Wildman–Crippen MR) is 35.8 cm³/mol. The lowest BCUT2D eigenvalue weighted by Crippen LogP contribution is -2.21. The van der Waals surface area contributed by atoms with Gasteiger partial charge in [-0.2, -0.15) is 0 Å². The van der Waals surface area contributed by atoms with E-state index in [1.54, 1.807) is 12.2 Å². The van der Waals surface area contributed by atoms with Crippen LogP contribution in [-0.4, -0.2) is 12.3 Å². The minimum Gasteiger partial charge on any atom is -0.329 e. The first kappa shape index (κ1) is 6.23. The van der Waals surface area contributed by atoms with E-state index in [-0.39, 0.29) is 11.7 Å². The van der Waals surface area contributed by atoms with Gasteiger partial charge in [0, 0.05) is 6.54 Å². The summed E-state index contributed by atoms with van der Waals surface area (Å²) in [6, 6.07) is 0.